The highest BCUT2D eigenvalue weighted by molar-refractivity contribution is 5.68. The second-order valence-corrected chi connectivity index (χ2v) is 5.71. The first-order chi connectivity index (χ1) is 6.87. The molecule has 2 rings (SSSR count). The Morgan fingerprint density at radius 2 is 2.07 bits per heavy atom. The molecular weight excluding hydrogens is 192 g/mol. The SMILES string of the molecule is CC(C)(C)OC(=O)N1C[C@@H]2CC(N)[C@H]2C1. The third-order valence-corrected chi connectivity index (χ3v) is 3.27. The Bertz CT molecular complexity index is 272. The van der Waals surface area contributed by atoms with Crippen LogP contribution in [0.3, 0.4) is 0 Å². The summed E-state index contributed by atoms with van der Waals surface area (Å²) in [5.74, 6) is 1.13. The summed E-state index contributed by atoms with van der Waals surface area (Å²) in [5, 5.41) is 0. The first-order valence-electron chi connectivity index (χ1n) is 5.60. The van der Waals surface area contributed by atoms with Crippen LogP contribution in [0.1, 0.15) is 27.2 Å². The molecule has 1 heterocycles. The van der Waals surface area contributed by atoms with Crippen LogP contribution < -0.4 is 5.73 Å². The van der Waals surface area contributed by atoms with Crippen molar-refractivity contribution in [2.75, 3.05) is 13.1 Å². The van der Waals surface area contributed by atoms with Crippen LogP contribution >= 0.6 is 0 Å². The zero-order chi connectivity index (χ0) is 11.2. The fourth-order valence-electron chi connectivity index (χ4n) is 2.43. The predicted octanol–water partition coefficient (Wildman–Crippen LogP) is 1.20. The number of ether oxygens (including phenoxy) is 1. The summed E-state index contributed by atoms with van der Waals surface area (Å²) in [4.78, 5) is 13.5. The van der Waals surface area contributed by atoms with Gasteiger partial charge in [-0.3, -0.25) is 0 Å². The number of hydrogen-bond acceptors (Lipinski definition) is 3. The van der Waals surface area contributed by atoms with Crippen LogP contribution in [0.15, 0.2) is 0 Å². The molecule has 1 aliphatic carbocycles. The highest BCUT2D eigenvalue weighted by atomic mass is 16.6. The summed E-state index contributed by atoms with van der Waals surface area (Å²) >= 11 is 0. The predicted molar refractivity (Wildman–Crippen MR) is 57.4 cm³/mol. The molecule has 1 saturated carbocycles. The van der Waals surface area contributed by atoms with Crippen molar-refractivity contribution >= 4 is 6.09 Å². The summed E-state index contributed by atoms with van der Waals surface area (Å²) < 4.78 is 5.33. The standard InChI is InChI=1S/C11H20N2O2/c1-11(2,3)15-10(14)13-5-7-4-9(12)8(7)6-13/h7-9H,4-6,12H2,1-3H3/t7-,8-,9?/m0/s1. The summed E-state index contributed by atoms with van der Waals surface area (Å²) in [5.41, 5.74) is 5.47. The molecule has 2 aliphatic rings. The van der Waals surface area contributed by atoms with Crippen molar-refractivity contribution < 1.29 is 9.53 Å². The lowest BCUT2D eigenvalue weighted by Crippen LogP contribution is -2.46. The molecule has 1 aliphatic heterocycles. The molecule has 1 unspecified atom stereocenters. The molecule has 1 saturated heterocycles. The molecule has 4 heteroatoms. The van der Waals surface area contributed by atoms with Gasteiger partial charge in [0.15, 0.2) is 0 Å². The van der Waals surface area contributed by atoms with Gasteiger partial charge < -0.3 is 15.4 Å². The van der Waals surface area contributed by atoms with Gasteiger partial charge in [0.25, 0.3) is 0 Å². The smallest absolute Gasteiger partial charge is 0.410 e. The molecule has 86 valence electrons. The topological polar surface area (TPSA) is 55.6 Å². The molecule has 1 amide bonds. The van der Waals surface area contributed by atoms with Gasteiger partial charge in [0.05, 0.1) is 0 Å². The Balaban J connectivity index is 1.88. The number of likely N-dealkylation sites (tertiary alicyclic amines) is 1. The van der Waals surface area contributed by atoms with Crippen LogP contribution in [0.2, 0.25) is 0 Å². The van der Waals surface area contributed by atoms with E-state index in [1.165, 1.54) is 0 Å². The Morgan fingerprint density at radius 3 is 2.53 bits per heavy atom. The normalized spacial score (nSPS) is 34.7. The third kappa shape index (κ3) is 2.09. The Morgan fingerprint density at radius 1 is 1.40 bits per heavy atom. The maximum absolute atomic E-state index is 11.7. The van der Waals surface area contributed by atoms with E-state index in [2.05, 4.69) is 0 Å². The van der Waals surface area contributed by atoms with E-state index < -0.39 is 5.60 Å². The van der Waals surface area contributed by atoms with E-state index in [1.807, 2.05) is 20.8 Å². The lowest BCUT2D eigenvalue weighted by atomic mass is 9.72. The van der Waals surface area contributed by atoms with Crippen LogP contribution in [0.5, 0.6) is 0 Å². The van der Waals surface area contributed by atoms with Crippen LogP contribution in [0.4, 0.5) is 4.79 Å². The summed E-state index contributed by atoms with van der Waals surface area (Å²) in [6.07, 6.45) is 0.869. The number of fused-ring (bicyclic) bond motifs is 1. The van der Waals surface area contributed by atoms with E-state index in [9.17, 15) is 4.79 Å². The first kappa shape index (κ1) is 10.7. The van der Waals surface area contributed by atoms with Crippen LogP contribution in [-0.4, -0.2) is 35.7 Å². The molecule has 0 bridgehead atoms. The van der Waals surface area contributed by atoms with Gasteiger partial charge in [-0.15, -0.1) is 0 Å². The highest BCUT2D eigenvalue weighted by Gasteiger charge is 2.47. The Hall–Kier alpha value is -0.770. The molecular formula is C11H20N2O2. The number of hydrogen-bond donors (Lipinski definition) is 1. The number of amides is 1. The molecule has 2 fully saturated rings. The van der Waals surface area contributed by atoms with Crippen LogP contribution in [0, 0.1) is 11.8 Å². The van der Waals surface area contributed by atoms with Gasteiger partial charge in [-0.1, -0.05) is 0 Å². The zero-order valence-corrected chi connectivity index (χ0v) is 9.69. The van der Waals surface area contributed by atoms with Crippen molar-refractivity contribution in [3.05, 3.63) is 0 Å². The average Bonchev–Trinajstić information content (AvgIpc) is 2.39. The molecule has 0 aromatic rings. The minimum atomic E-state index is -0.402. The monoisotopic (exact) mass is 212 g/mol. The summed E-state index contributed by atoms with van der Waals surface area (Å²) in [7, 11) is 0. The summed E-state index contributed by atoms with van der Waals surface area (Å²) in [6, 6.07) is 0.294. The first-order valence-corrected chi connectivity index (χ1v) is 5.60. The van der Waals surface area contributed by atoms with E-state index in [0.29, 0.717) is 17.9 Å². The molecule has 0 aromatic carbocycles. The van der Waals surface area contributed by atoms with Gasteiger partial charge in [0.1, 0.15) is 5.60 Å². The largest absolute Gasteiger partial charge is 0.444 e. The van der Waals surface area contributed by atoms with Crippen LogP contribution in [-0.2, 0) is 4.74 Å². The molecule has 2 N–H and O–H groups in total. The fraction of sp³-hybridized carbons (Fsp3) is 0.909. The van der Waals surface area contributed by atoms with Gasteiger partial charge in [-0.2, -0.15) is 0 Å². The van der Waals surface area contributed by atoms with Crippen molar-refractivity contribution in [3.63, 3.8) is 0 Å². The highest BCUT2D eigenvalue weighted by Crippen LogP contribution is 2.39. The lowest BCUT2D eigenvalue weighted by molar-refractivity contribution is 0.0288. The van der Waals surface area contributed by atoms with E-state index in [-0.39, 0.29) is 6.09 Å². The van der Waals surface area contributed by atoms with E-state index in [1.54, 1.807) is 4.90 Å². The minimum Gasteiger partial charge on any atom is -0.444 e. The van der Waals surface area contributed by atoms with Gasteiger partial charge in [0.2, 0.25) is 0 Å². The van der Waals surface area contributed by atoms with Gasteiger partial charge >= 0.3 is 6.09 Å². The molecule has 15 heavy (non-hydrogen) atoms. The van der Waals surface area contributed by atoms with Crippen molar-refractivity contribution in [1.82, 2.24) is 4.90 Å². The Kier molecular flexibility index (Phi) is 2.41. The lowest BCUT2D eigenvalue weighted by Gasteiger charge is -2.35. The third-order valence-electron chi connectivity index (χ3n) is 3.27. The number of carbonyl (C=O) groups is 1. The molecule has 0 spiro atoms. The van der Waals surface area contributed by atoms with E-state index in [4.69, 9.17) is 10.5 Å². The van der Waals surface area contributed by atoms with E-state index in [0.717, 1.165) is 19.5 Å². The Labute approximate surface area is 90.8 Å². The van der Waals surface area contributed by atoms with Crippen molar-refractivity contribution in [1.29, 1.82) is 0 Å². The van der Waals surface area contributed by atoms with Gasteiger partial charge in [-0.25, -0.2) is 4.79 Å². The second kappa shape index (κ2) is 3.37. The van der Waals surface area contributed by atoms with Crippen molar-refractivity contribution in [2.24, 2.45) is 17.6 Å². The summed E-state index contributed by atoms with van der Waals surface area (Å²) in [6.45, 7) is 7.28. The van der Waals surface area contributed by atoms with Crippen LogP contribution in [0.25, 0.3) is 0 Å². The maximum atomic E-state index is 11.7. The fourth-order valence-corrected chi connectivity index (χ4v) is 2.43. The molecule has 4 nitrogen and oxygen atoms in total. The minimum absolute atomic E-state index is 0.191. The van der Waals surface area contributed by atoms with E-state index >= 15 is 0 Å². The number of nitrogens with zero attached hydrogens (tertiary/aromatic N) is 1. The quantitative estimate of drug-likeness (QED) is 0.656. The number of carbonyl (C=O) groups excluding carboxylic acids is 1. The average molecular weight is 212 g/mol. The molecule has 0 radical (unpaired) electrons. The zero-order valence-electron chi connectivity index (χ0n) is 9.69. The van der Waals surface area contributed by atoms with Gasteiger partial charge in [0, 0.05) is 19.1 Å². The van der Waals surface area contributed by atoms with Crippen molar-refractivity contribution in [3.8, 4) is 0 Å². The van der Waals surface area contributed by atoms with Crippen molar-refractivity contribution in [2.45, 2.75) is 38.8 Å². The molecule has 0 aromatic heterocycles. The molecule has 3 atom stereocenters. The second-order valence-electron chi connectivity index (χ2n) is 5.71. The number of nitrogens with two attached hydrogens (primary N) is 1. The number of rotatable bonds is 0. The maximum Gasteiger partial charge on any atom is 0.410 e. The van der Waals surface area contributed by atoms with Gasteiger partial charge in [-0.05, 0) is 39.0 Å².